The molecule has 0 aliphatic heterocycles. The lowest BCUT2D eigenvalue weighted by atomic mass is 10.1. The molecule has 22 heavy (non-hydrogen) atoms. The zero-order valence-corrected chi connectivity index (χ0v) is 12.1. The maximum atomic E-state index is 12.4. The smallest absolute Gasteiger partial charge is 0.273 e. The first-order valence-corrected chi connectivity index (χ1v) is 7.51. The highest BCUT2D eigenvalue weighted by Gasteiger charge is 2.53. The van der Waals surface area contributed by atoms with Crippen LogP contribution in [0.25, 0.3) is 0 Å². The largest absolute Gasteiger partial charge is 0.506 e. The zero-order chi connectivity index (χ0) is 15.7. The van der Waals surface area contributed by atoms with Gasteiger partial charge in [0.2, 0.25) is 5.91 Å². The fraction of sp³-hybridized carbons (Fsp3) is 0.438. The van der Waals surface area contributed by atoms with Gasteiger partial charge in [0.15, 0.2) is 0 Å². The van der Waals surface area contributed by atoms with Gasteiger partial charge in [-0.3, -0.25) is 14.9 Å². The lowest BCUT2D eigenvalue weighted by molar-refractivity contribution is -0.384. The number of nitrogens with zero attached hydrogens (tertiary/aromatic N) is 1. The van der Waals surface area contributed by atoms with Gasteiger partial charge in [-0.1, -0.05) is 12.2 Å². The number of amides is 1. The monoisotopic (exact) mass is 302 g/mol. The standard InChI is InChI=1S/C16H18N2O4/c19-14-9-10(18(21)22)7-8-13(14)17-16(20)15-11-5-3-1-2-4-6-12(11)15/h1-2,7-9,11-12,15,19H,3-6H2,(H,17,20)/b2-1-/t11-,12+,15?. The molecule has 0 aromatic heterocycles. The maximum Gasteiger partial charge on any atom is 0.273 e. The van der Waals surface area contributed by atoms with Crippen molar-refractivity contribution in [2.45, 2.75) is 25.7 Å². The number of hydrogen-bond donors (Lipinski definition) is 2. The van der Waals surface area contributed by atoms with Gasteiger partial charge in [-0.2, -0.15) is 0 Å². The second-order valence-corrected chi connectivity index (χ2v) is 5.93. The van der Waals surface area contributed by atoms with Gasteiger partial charge in [-0.15, -0.1) is 0 Å². The number of benzene rings is 1. The Hall–Kier alpha value is -2.37. The normalized spacial score (nSPS) is 27.9. The van der Waals surface area contributed by atoms with Gasteiger partial charge in [-0.25, -0.2) is 0 Å². The lowest BCUT2D eigenvalue weighted by Crippen LogP contribution is -2.15. The summed E-state index contributed by atoms with van der Waals surface area (Å²) in [6.45, 7) is 0. The van der Waals surface area contributed by atoms with Crippen LogP contribution in [0.4, 0.5) is 11.4 Å². The fourth-order valence-corrected chi connectivity index (χ4v) is 3.39. The lowest BCUT2D eigenvalue weighted by Gasteiger charge is -2.07. The third kappa shape index (κ3) is 2.81. The minimum absolute atomic E-state index is 0.00510. The molecule has 0 bridgehead atoms. The molecule has 1 aromatic rings. The van der Waals surface area contributed by atoms with E-state index in [9.17, 15) is 20.0 Å². The molecule has 0 saturated heterocycles. The molecular formula is C16H18N2O4. The summed E-state index contributed by atoms with van der Waals surface area (Å²) in [6.07, 6.45) is 8.40. The molecule has 0 spiro atoms. The number of phenols is 1. The molecule has 1 aromatic carbocycles. The van der Waals surface area contributed by atoms with Crippen molar-refractivity contribution in [3.05, 3.63) is 40.5 Å². The third-order valence-corrected chi connectivity index (χ3v) is 4.58. The molecule has 6 nitrogen and oxygen atoms in total. The average Bonchev–Trinajstić information content (AvgIpc) is 3.12. The molecule has 0 heterocycles. The summed E-state index contributed by atoms with van der Waals surface area (Å²) in [5.74, 6) is 0.466. The number of nitrogens with one attached hydrogen (secondary N) is 1. The van der Waals surface area contributed by atoms with Crippen LogP contribution in [0.15, 0.2) is 30.4 Å². The van der Waals surface area contributed by atoms with Crippen molar-refractivity contribution in [3.63, 3.8) is 0 Å². The van der Waals surface area contributed by atoms with Crippen LogP contribution in [-0.4, -0.2) is 15.9 Å². The zero-order valence-electron chi connectivity index (χ0n) is 12.1. The summed E-state index contributed by atoms with van der Waals surface area (Å²) in [7, 11) is 0. The highest BCUT2D eigenvalue weighted by molar-refractivity contribution is 5.96. The molecule has 2 aliphatic rings. The van der Waals surface area contributed by atoms with Crippen LogP contribution in [0.2, 0.25) is 0 Å². The third-order valence-electron chi connectivity index (χ3n) is 4.58. The van der Waals surface area contributed by atoms with E-state index in [1.807, 2.05) is 0 Å². The van der Waals surface area contributed by atoms with Crippen molar-refractivity contribution in [2.24, 2.45) is 17.8 Å². The number of nitro groups is 1. The van der Waals surface area contributed by atoms with Crippen LogP contribution in [0.5, 0.6) is 5.75 Å². The Labute approximate surface area is 128 Å². The van der Waals surface area contributed by atoms with E-state index in [0.29, 0.717) is 11.8 Å². The first-order valence-electron chi connectivity index (χ1n) is 7.51. The predicted molar refractivity (Wildman–Crippen MR) is 81.5 cm³/mol. The number of phenolic OH excluding ortho intramolecular Hbond substituents is 1. The van der Waals surface area contributed by atoms with Gasteiger partial charge in [0.1, 0.15) is 5.75 Å². The summed E-state index contributed by atoms with van der Waals surface area (Å²) >= 11 is 0. The average molecular weight is 302 g/mol. The number of carbonyl (C=O) groups is 1. The molecule has 1 unspecified atom stereocenters. The molecule has 116 valence electrons. The summed E-state index contributed by atoms with van der Waals surface area (Å²) in [5.41, 5.74) is 0.0302. The van der Waals surface area contributed by atoms with Crippen molar-refractivity contribution < 1.29 is 14.8 Å². The van der Waals surface area contributed by atoms with Gasteiger partial charge in [0.05, 0.1) is 16.7 Å². The van der Waals surface area contributed by atoms with Crippen LogP contribution < -0.4 is 5.32 Å². The Balaban J connectivity index is 1.66. The molecular weight excluding hydrogens is 284 g/mol. The van der Waals surface area contributed by atoms with E-state index < -0.39 is 4.92 Å². The van der Waals surface area contributed by atoms with Crippen LogP contribution in [0.3, 0.4) is 0 Å². The minimum Gasteiger partial charge on any atom is -0.506 e. The second kappa shape index (κ2) is 5.79. The molecule has 6 heteroatoms. The quantitative estimate of drug-likeness (QED) is 0.388. The minimum atomic E-state index is -0.583. The molecule has 1 fully saturated rings. The molecule has 2 N–H and O–H groups in total. The highest BCUT2D eigenvalue weighted by atomic mass is 16.6. The number of hydrogen-bond acceptors (Lipinski definition) is 4. The summed E-state index contributed by atoms with van der Waals surface area (Å²) < 4.78 is 0. The Morgan fingerprint density at radius 3 is 2.41 bits per heavy atom. The summed E-state index contributed by atoms with van der Waals surface area (Å²) in [4.78, 5) is 22.4. The van der Waals surface area contributed by atoms with Gasteiger partial charge >= 0.3 is 0 Å². The van der Waals surface area contributed by atoms with Crippen molar-refractivity contribution in [3.8, 4) is 5.75 Å². The first-order chi connectivity index (χ1) is 10.6. The summed E-state index contributed by atoms with van der Waals surface area (Å²) in [6, 6.07) is 3.70. The van der Waals surface area contributed by atoms with E-state index in [1.54, 1.807) is 0 Å². The van der Waals surface area contributed by atoms with Crippen molar-refractivity contribution >= 4 is 17.3 Å². The first kappa shape index (κ1) is 14.6. The molecule has 2 aliphatic carbocycles. The van der Waals surface area contributed by atoms with Gasteiger partial charge in [0.25, 0.3) is 5.69 Å². The molecule has 0 radical (unpaired) electrons. The van der Waals surface area contributed by atoms with Crippen molar-refractivity contribution in [1.82, 2.24) is 0 Å². The number of allylic oxidation sites excluding steroid dienone is 2. The topological polar surface area (TPSA) is 92.5 Å². The Bertz CT molecular complexity index is 625. The predicted octanol–water partition coefficient (Wildman–Crippen LogP) is 3.23. The number of nitro benzene ring substituents is 1. The van der Waals surface area contributed by atoms with Crippen molar-refractivity contribution in [1.29, 1.82) is 0 Å². The van der Waals surface area contributed by atoms with Crippen molar-refractivity contribution in [2.75, 3.05) is 5.32 Å². The highest BCUT2D eigenvalue weighted by Crippen LogP contribution is 2.53. The van der Waals surface area contributed by atoms with Gasteiger partial charge in [0, 0.05) is 12.0 Å². The SMILES string of the molecule is O=C(Nc1ccc([N+](=O)[O-])cc1O)C1[C@H]2CC/C=C\CC[C@@H]12. The number of carbonyl (C=O) groups excluding carboxylic acids is 1. The van der Waals surface area contributed by atoms with Crippen LogP contribution in [0, 0.1) is 27.9 Å². The van der Waals surface area contributed by atoms with E-state index >= 15 is 0 Å². The number of aromatic hydroxyl groups is 1. The van der Waals surface area contributed by atoms with E-state index in [2.05, 4.69) is 17.5 Å². The Morgan fingerprint density at radius 1 is 1.23 bits per heavy atom. The molecule has 3 rings (SSSR count). The van der Waals surface area contributed by atoms with Crippen LogP contribution >= 0.6 is 0 Å². The van der Waals surface area contributed by atoms with E-state index in [0.717, 1.165) is 31.7 Å². The van der Waals surface area contributed by atoms with E-state index in [-0.39, 0.29) is 28.9 Å². The van der Waals surface area contributed by atoms with Gasteiger partial charge < -0.3 is 10.4 Å². The van der Waals surface area contributed by atoms with E-state index in [1.165, 1.54) is 12.1 Å². The molecule has 3 atom stereocenters. The maximum absolute atomic E-state index is 12.4. The molecule has 1 amide bonds. The Kier molecular flexibility index (Phi) is 3.83. The number of rotatable bonds is 3. The van der Waals surface area contributed by atoms with E-state index in [4.69, 9.17) is 0 Å². The Morgan fingerprint density at radius 2 is 1.86 bits per heavy atom. The fourth-order valence-electron chi connectivity index (χ4n) is 3.39. The second-order valence-electron chi connectivity index (χ2n) is 5.93. The number of fused-ring (bicyclic) bond motifs is 1. The number of non-ortho nitro benzene ring substituents is 1. The van der Waals surface area contributed by atoms with Gasteiger partial charge in [-0.05, 0) is 43.6 Å². The molecule has 1 saturated carbocycles. The van der Waals surface area contributed by atoms with Crippen LogP contribution in [0.1, 0.15) is 25.7 Å². The summed E-state index contributed by atoms with van der Waals surface area (Å²) in [5, 5.41) is 23.2. The van der Waals surface area contributed by atoms with Crippen LogP contribution in [-0.2, 0) is 4.79 Å². The number of anilines is 1.